The molecule has 0 radical (unpaired) electrons. The largest absolute Gasteiger partial charge is 0.314 e. The van der Waals surface area contributed by atoms with Crippen LogP contribution in [-0.2, 0) is 6.42 Å². The molecule has 2 rings (SSSR count). The van der Waals surface area contributed by atoms with Crippen molar-refractivity contribution in [1.29, 1.82) is 0 Å². The van der Waals surface area contributed by atoms with Gasteiger partial charge in [0, 0.05) is 11.7 Å². The fraction of sp³-hybridized carbons (Fsp3) is 0.727. The van der Waals surface area contributed by atoms with Crippen molar-refractivity contribution in [3.05, 3.63) is 17.0 Å². The smallest absolute Gasteiger partial charge is 0.0654 e. The predicted molar refractivity (Wildman–Crippen MR) is 57.4 cm³/mol. The summed E-state index contributed by atoms with van der Waals surface area (Å²) in [5, 5.41) is 10.9. The molecule has 3 nitrogen and oxygen atoms in total. The van der Waals surface area contributed by atoms with Gasteiger partial charge in [-0.2, -0.15) is 5.10 Å². The Morgan fingerprint density at radius 3 is 2.86 bits per heavy atom. The van der Waals surface area contributed by atoms with Gasteiger partial charge in [-0.1, -0.05) is 0 Å². The summed E-state index contributed by atoms with van der Waals surface area (Å²) in [4.78, 5) is 0. The van der Waals surface area contributed by atoms with Crippen LogP contribution in [0.15, 0.2) is 0 Å². The zero-order valence-electron chi connectivity index (χ0n) is 9.06. The van der Waals surface area contributed by atoms with Crippen molar-refractivity contribution in [3.8, 4) is 0 Å². The van der Waals surface area contributed by atoms with Crippen molar-refractivity contribution in [2.45, 2.75) is 45.6 Å². The molecule has 1 fully saturated rings. The van der Waals surface area contributed by atoms with Crippen LogP contribution in [0.4, 0.5) is 0 Å². The predicted octanol–water partition coefficient (Wildman–Crippen LogP) is 1.71. The van der Waals surface area contributed by atoms with Crippen LogP contribution in [-0.4, -0.2) is 22.8 Å². The Labute approximate surface area is 85.3 Å². The summed E-state index contributed by atoms with van der Waals surface area (Å²) >= 11 is 0. The zero-order valence-corrected chi connectivity index (χ0v) is 9.06. The van der Waals surface area contributed by atoms with E-state index in [1.807, 2.05) is 0 Å². The molecule has 0 spiro atoms. The minimum absolute atomic E-state index is 0.728. The van der Waals surface area contributed by atoms with E-state index in [2.05, 4.69) is 29.4 Å². The molecule has 14 heavy (non-hydrogen) atoms. The highest BCUT2D eigenvalue weighted by atomic mass is 15.1. The minimum atomic E-state index is 0.728. The van der Waals surface area contributed by atoms with Gasteiger partial charge < -0.3 is 5.32 Å². The quantitative estimate of drug-likeness (QED) is 0.767. The number of H-pyrrole nitrogens is 1. The van der Waals surface area contributed by atoms with Crippen LogP contribution in [0.5, 0.6) is 0 Å². The van der Waals surface area contributed by atoms with Crippen molar-refractivity contribution in [2.24, 2.45) is 0 Å². The number of nitrogens with one attached hydrogen (secondary N) is 2. The third kappa shape index (κ3) is 1.98. The number of rotatable bonds is 3. The lowest BCUT2D eigenvalue weighted by Crippen LogP contribution is -2.21. The number of aromatic amines is 1. The van der Waals surface area contributed by atoms with E-state index in [1.54, 1.807) is 0 Å². The van der Waals surface area contributed by atoms with Gasteiger partial charge in [-0.25, -0.2) is 0 Å². The summed E-state index contributed by atoms with van der Waals surface area (Å²) in [5.74, 6) is 0. The average Bonchev–Trinajstić information content (AvgIpc) is 2.77. The van der Waals surface area contributed by atoms with Gasteiger partial charge in [-0.05, 0) is 51.6 Å². The summed E-state index contributed by atoms with van der Waals surface area (Å²) in [5.41, 5.74) is 3.79. The normalized spacial score (nSPS) is 21.7. The standard InChI is InChI=1S/C11H19N3/c1-8-9(2)13-14-11(8)6-5-10-4-3-7-12-10/h10,12H,3-7H2,1-2H3,(H,13,14). The van der Waals surface area contributed by atoms with Gasteiger partial charge in [0.05, 0.1) is 5.69 Å². The lowest BCUT2D eigenvalue weighted by Gasteiger charge is -2.08. The summed E-state index contributed by atoms with van der Waals surface area (Å²) < 4.78 is 0. The maximum Gasteiger partial charge on any atom is 0.0654 e. The van der Waals surface area contributed by atoms with Crippen LogP contribution < -0.4 is 5.32 Å². The van der Waals surface area contributed by atoms with E-state index >= 15 is 0 Å². The average molecular weight is 193 g/mol. The number of aryl methyl sites for hydroxylation is 2. The highest BCUT2D eigenvalue weighted by Gasteiger charge is 2.15. The van der Waals surface area contributed by atoms with E-state index in [-0.39, 0.29) is 0 Å². The van der Waals surface area contributed by atoms with Crippen molar-refractivity contribution < 1.29 is 0 Å². The summed E-state index contributed by atoms with van der Waals surface area (Å²) in [7, 11) is 0. The number of hydrogen-bond donors (Lipinski definition) is 2. The summed E-state index contributed by atoms with van der Waals surface area (Å²) in [6.07, 6.45) is 5.00. The van der Waals surface area contributed by atoms with Gasteiger partial charge in [-0.15, -0.1) is 0 Å². The molecule has 0 saturated carbocycles. The maximum atomic E-state index is 4.32. The Kier molecular flexibility index (Phi) is 2.87. The second kappa shape index (κ2) is 4.13. The first-order chi connectivity index (χ1) is 6.77. The topological polar surface area (TPSA) is 40.7 Å². The fourth-order valence-corrected chi connectivity index (χ4v) is 2.09. The molecule has 0 aromatic carbocycles. The highest BCUT2D eigenvalue weighted by Crippen LogP contribution is 2.15. The van der Waals surface area contributed by atoms with Gasteiger partial charge >= 0.3 is 0 Å². The third-order valence-electron chi connectivity index (χ3n) is 3.25. The van der Waals surface area contributed by atoms with Crippen molar-refractivity contribution in [3.63, 3.8) is 0 Å². The number of hydrogen-bond acceptors (Lipinski definition) is 2. The molecule has 0 bridgehead atoms. The van der Waals surface area contributed by atoms with E-state index in [4.69, 9.17) is 0 Å². The number of aromatic nitrogens is 2. The Balaban J connectivity index is 1.88. The summed E-state index contributed by atoms with van der Waals surface area (Å²) in [6.45, 7) is 5.43. The monoisotopic (exact) mass is 193 g/mol. The molecule has 3 heteroatoms. The molecule has 1 aliphatic rings. The Bertz CT molecular complexity index is 297. The molecule has 2 heterocycles. The Morgan fingerprint density at radius 1 is 1.43 bits per heavy atom. The van der Waals surface area contributed by atoms with Crippen LogP contribution >= 0.6 is 0 Å². The molecule has 1 atom stereocenters. The summed E-state index contributed by atoms with van der Waals surface area (Å²) in [6, 6.07) is 0.728. The van der Waals surface area contributed by atoms with Crippen LogP contribution in [0.3, 0.4) is 0 Å². The van der Waals surface area contributed by atoms with E-state index in [0.717, 1.165) is 12.5 Å². The van der Waals surface area contributed by atoms with Gasteiger partial charge in [-0.3, -0.25) is 5.10 Å². The van der Waals surface area contributed by atoms with Gasteiger partial charge in [0.15, 0.2) is 0 Å². The van der Waals surface area contributed by atoms with E-state index < -0.39 is 0 Å². The Morgan fingerprint density at radius 2 is 2.29 bits per heavy atom. The molecule has 1 saturated heterocycles. The molecular weight excluding hydrogens is 174 g/mol. The van der Waals surface area contributed by atoms with Crippen molar-refractivity contribution >= 4 is 0 Å². The highest BCUT2D eigenvalue weighted by molar-refractivity contribution is 5.22. The Hall–Kier alpha value is -0.830. The van der Waals surface area contributed by atoms with Crippen molar-refractivity contribution in [1.82, 2.24) is 15.5 Å². The van der Waals surface area contributed by atoms with Gasteiger partial charge in [0.1, 0.15) is 0 Å². The lowest BCUT2D eigenvalue weighted by atomic mass is 10.1. The van der Waals surface area contributed by atoms with Gasteiger partial charge in [0.2, 0.25) is 0 Å². The minimum Gasteiger partial charge on any atom is -0.314 e. The first kappa shape index (κ1) is 9.71. The van der Waals surface area contributed by atoms with Crippen molar-refractivity contribution in [2.75, 3.05) is 6.54 Å². The molecule has 0 amide bonds. The molecule has 1 unspecified atom stereocenters. The first-order valence-corrected chi connectivity index (χ1v) is 5.51. The molecule has 0 aliphatic carbocycles. The van der Waals surface area contributed by atoms with Crippen LogP contribution in [0.2, 0.25) is 0 Å². The van der Waals surface area contributed by atoms with E-state index in [0.29, 0.717) is 0 Å². The van der Waals surface area contributed by atoms with Crippen LogP contribution in [0.1, 0.15) is 36.2 Å². The lowest BCUT2D eigenvalue weighted by molar-refractivity contribution is 0.554. The van der Waals surface area contributed by atoms with E-state index in [9.17, 15) is 0 Å². The molecular formula is C11H19N3. The fourth-order valence-electron chi connectivity index (χ4n) is 2.09. The molecule has 1 aliphatic heterocycles. The van der Waals surface area contributed by atoms with E-state index in [1.165, 1.54) is 42.8 Å². The maximum absolute atomic E-state index is 4.32. The second-order valence-electron chi connectivity index (χ2n) is 4.25. The molecule has 1 aromatic heterocycles. The first-order valence-electron chi connectivity index (χ1n) is 5.51. The van der Waals surface area contributed by atoms with Crippen LogP contribution in [0.25, 0.3) is 0 Å². The van der Waals surface area contributed by atoms with Crippen LogP contribution in [0, 0.1) is 13.8 Å². The zero-order chi connectivity index (χ0) is 9.97. The molecule has 2 N–H and O–H groups in total. The molecule has 78 valence electrons. The second-order valence-corrected chi connectivity index (χ2v) is 4.25. The third-order valence-corrected chi connectivity index (χ3v) is 3.25. The number of nitrogens with zero attached hydrogens (tertiary/aromatic N) is 1. The SMILES string of the molecule is Cc1[nH]nc(CCC2CCCN2)c1C. The van der Waals surface area contributed by atoms with Gasteiger partial charge in [0.25, 0.3) is 0 Å². The molecule has 1 aromatic rings.